The molecule has 0 aliphatic carbocycles. The van der Waals surface area contributed by atoms with Crippen LogP contribution in [0.4, 0.5) is 5.69 Å². The molecule has 5 nitrogen and oxygen atoms in total. The standard InChI is InChI=1S/C14H18Br2N2O3S/c1-2-22(20,21)18-7-5-10(6-8-18)14(19)17-13-4-3-11(15)9-12(13)16/h3-4,9-10H,2,5-8H2,1H3,(H,17,19). The number of carbonyl (C=O) groups is 1. The van der Waals surface area contributed by atoms with Crippen molar-refractivity contribution in [2.24, 2.45) is 5.92 Å². The molecule has 0 radical (unpaired) electrons. The Kier molecular flexibility index (Phi) is 6.04. The molecular weight excluding hydrogens is 436 g/mol. The molecule has 1 fully saturated rings. The first-order valence-electron chi connectivity index (χ1n) is 7.07. The Morgan fingerprint density at radius 1 is 1.32 bits per heavy atom. The van der Waals surface area contributed by atoms with Crippen molar-refractivity contribution < 1.29 is 13.2 Å². The second-order valence-electron chi connectivity index (χ2n) is 5.19. The largest absolute Gasteiger partial charge is 0.325 e. The van der Waals surface area contributed by atoms with Gasteiger partial charge >= 0.3 is 0 Å². The molecule has 1 aliphatic rings. The second kappa shape index (κ2) is 7.42. The first kappa shape index (κ1) is 17.9. The number of hydrogen-bond acceptors (Lipinski definition) is 3. The molecule has 1 aromatic carbocycles. The molecule has 0 spiro atoms. The highest BCUT2D eigenvalue weighted by Gasteiger charge is 2.30. The van der Waals surface area contributed by atoms with Crippen molar-refractivity contribution in [2.75, 3.05) is 24.2 Å². The Hall–Kier alpha value is -0.440. The summed E-state index contributed by atoms with van der Waals surface area (Å²) in [5, 5.41) is 2.90. The fourth-order valence-electron chi connectivity index (χ4n) is 2.40. The van der Waals surface area contributed by atoms with Crippen molar-refractivity contribution in [3.8, 4) is 0 Å². The number of hydrogen-bond donors (Lipinski definition) is 1. The van der Waals surface area contributed by atoms with E-state index in [1.54, 1.807) is 6.92 Å². The molecule has 0 aromatic heterocycles. The van der Waals surface area contributed by atoms with Crippen LogP contribution in [-0.2, 0) is 14.8 Å². The van der Waals surface area contributed by atoms with Crippen molar-refractivity contribution in [3.05, 3.63) is 27.1 Å². The first-order chi connectivity index (χ1) is 10.3. The number of anilines is 1. The lowest BCUT2D eigenvalue weighted by atomic mass is 9.97. The Labute approximate surface area is 147 Å². The van der Waals surface area contributed by atoms with Crippen LogP contribution in [0, 0.1) is 5.92 Å². The van der Waals surface area contributed by atoms with Gasteiger partial charge in [-0.25, -0.2) is 12.7 Å². The third-order valence-corrected chi connectivity index (χ3v) is 6.80. The van der Waals surface area contributed by atoms with Gasteiger partial charge in [0.25, 0.3) is 0 Å². The van der Waals surface area contributed by atoms with Crippen LogP contribution in [0.25, 0.3) is 0 Å². The van der Waals surface area contributed by atoms with Crippen molar-refractivity contribution >= 4 is 53.5 Å². The lowest BCUT2D eigenvalue weighted by Crippen LogP contribution is -2.42. The molecule has 122 valence electrons. The molecule has 1 saturated heterocycles. The van der Waals surface area contributed by atoms with Gasteiger partial charge in [-0.15, -0.1) is 0 Å². The predicted molar refractivity (Wildman–Crippen MR) is 94.2 cm³/mol. The van der Waals surface area contributed by atoms with Crippen molar-refractivity contribution in [3.63, 3.8) is 0 Å². The van der Waals surface area contributed by atoms with E-state index in [2.05, 4.69) is 37.2 Å². The van der Waals surface area contributed by atoms with E-state index in [1.807, 2.05) is 18.2 Å². The minimum absolute atomic E-state index is 0.0587. The highest BCUT2D eigenvalue weighted by atomic mass is 79.9. The van der Waals surface area contributed by atoms with Crippen LogP contribution in [0.1, 0.15) is 19.8 Å². The van der Waals surface area contributed by atoms with Gasteiger partial charge in [-0.05, 0) is 53.9 Å². The van der Waals surface area contributed by atoms with E-state index in [0.717, 1.165) is 14.6 Å². The van der Waals surface area contributed by atoms with E-state index in [0.29, 0.717) is 25.9 Å². The van der Waals surface area contributed by atoms with Gasteiger partial charge < -0.3 is 5.32 Å². The van der Waals surface area contributed by atoms with Crippen molar-refractivity contribution in [1.29, 1.82) is 0 Å². The van der Waals surface area contributed by atoms with Gasteiger partial charge in [0.15, 0.2) is 0 Å². The number of amides is 1. The van der Waals surface area contributed by atoms with Gasteiger partial charge in [-0.1, -0.05) is 15.9 Å². The molecule has 22 heavy (non-hydrogen) atoms. The fraction of sp³-hybridized carbons (Fsp3) is 0.500. The number of benzene rings is 1. The van der Waals surface area contributed by atoms with Crippen LogP contribution in [-0.4, -0.2) is 37.5 Å². The topological polar surface area (TPSA) is 66.5 Å². The maximum Gasteiger partial charge on any atom is 0.227 e. The summed E-state index contributed by atoms with van der Waals surface area (Å²) in [6.07, 6.45) is 1.11. The number of rotatable bonds is 4. The van der Waals surface area contributed by atoms with Crippen LogP contribution in [0.15, 0.2) is 27.1 Å². The number of piperidine rings is 1. The Morgan fingerprint density at radius 2 is 1.95 bits per heavy atom. The van der Waals surface area contributed by atoms with Crippen LogP contribution >= 0.6 is 31.9 Å². The number of nitrogens with zero attached hydrogens (tertiary/aromatic N) is 1. The average Bonchev–Trinajstić information content (AvgIpc) is 2.50. The average molecular weight is 454 g/mol. The summed E-state index contributed by atoms with van der Waals surface area (Å²) in [6, 6.07) is 5.55. The number of sulfonamides is 1. The van der Waals surface area contributed by atoms with E-state index in [-0.39, 0.29) is 17.6 Å². The van der Waals surface area contributed by atoms with E-state index in [1.165, 1.54) is 4.31 Å². The van der Waals surface area contributed by atoms with Crippen molar-refractivity contribution in [2.45, 2.75) is 19.8 Å². The third-order valence-electron chi connectivity index (χ3n) is 3.77. The highest BCUT2D eigenvalue weighted by Crippen LogP contribution is 2.28. The Balaban J connectivity index is 1.95. The summed E-state index contributed by atoms with van der Waals surface area (Å²) in [6.45, 7) is 2.46. The highest BCUT2D eigenvalue weighted by molar-refractivity contribution is 9.11. The summed E-state index contributed by atoms with van der Waals surface area (Å²) in [7, 11) is -3.15. The molecule has 1 aromatic rings. The van der Waals surface area contributed by atoms with Gasteiger partial charge in [0.1, 0.15) is 0 Å². The summed E-state index contributed by atoms with van der Waals surface area (Å²) in [5.74, 6) is -0.106. The number of carbonyl (C=O) groups excluding carboxylic acids is 1. The Morgan fingerprint density at radius 3 is 2.50 bits per heavy atom. The van der Waals surface area contributed by atoms with E-state index in [9.17, 15) is 13.2 Å². The van der Waals surface area contributed by atoms with E-state index in [4.69, 9.17) is 0 Å². The molecule has 1 heterocycles. The van der Waals surface area contributed by atoms with Crippen LogP contribution < -0.4 is 5.32 Å². The zero-order valence-corrected chi connectivity index (χ0v) is 16.2. The lowest BCUT2D eigenvalue weighted by molar-refractivity contribution is -0.120. The molecule has 1 N–H and O–H groups in total. The van der Waals surface area contributed by atoms with E-state index >= 15 is 0 Å². The monoisotopic (exact) mass is 452 g/mol. The zero-order valence-electron chi connectivity index (χ0n) is 12.2. The summed E-state index contributed by atoms with van der Waals surface area (Å²) < 4.78 is 26.8. The van der Waals surface area contributed by atoms with Gasteiger partial charge in [-0.2, -0.15) is 0 Å². The van der Waals surface area contributed by atoms with Crippen LogP contribution in [0.2, 0.25) is 0 Å². The van der Waals surface area contributed by atoms with Crippen LogP contribution in [0.3, 0.4) is 0 Å². The maximum atomic E-state index is 12.3. The summed E-state index contributed by atoms with van der Waals surface area (Å²) in [4.78, 5) is 12.3. The molecular formula is C14H18Br2N2O3S. The van der Waals surface area contributed by atoms with Crippen molar-refractivity contribution in [1.82, 2.24) is 4.31 Å². The normalized spacial score (nSPS) is 17.4. The third kappa shape index (κ3) is 4.31. The molecule has 2 rings (SSSR count). The van der Waals surface area contributed by atoms with Gasteiger partial charge in [0.2, 0.25) is 15.9 Å². The molecule has 1 aliphatic heterocycles. The smallest absolute Gasteiger partial charge is 0.227 e. The fourth-order valence-corrected chi connectivity index (χ4v) is 4.68. The van der Waals surface area contributed by atoms with Gasteiger partial charge in [0.05, 0.1) is 11.4 Å². The zero-order chi connectivity index (χ0) is 16.3. The maximum absolute atomic E-state index is 12.3. The first-order valence-corrected chi connectivity index (χ1v) is 10.3. The van der Waals surface area contributed by atoms with E-state index < -0.39 is 10.0 Å². The molecule has 0 saturated carbocycles. The minimum atomic E-state index is -3.15. The molecule has 0 bridgehead atoms. The Bertz CT molecular complexity index is 656. The molecule has 8 heteroatoms. The lowest BCUT2D eigenvalue weighted by Gasteiger charge is -2.30. The molecule has 0 atom stereocenters. The molecule has 0 unspecified atom stereocenters. The minimum Gasteiger partial charge on any atom is -0.325 e. The SMILES string of the molecule is CCS(=O)(=O)N1CCC(C(=O)Nc2ccc(Br)cc2Br)CC1. The summed E-state index contributed by atoms with van der Waals surface area (Å²) in [5.41, 5.74) is 0.719. The predicted octanol–water partition coefficient (Wildman–Crippen LogP) is 3.21. The molecule has 1 amide bonds. The quantitative estimate of drug-likeness (QED) is 0.760. The van der Waals surface area contributed by atoms with Gasteiger partial charge in [0, 0.05) is 28.0 Å². The summed E-state index contributed by atoms with van der Waals surface area (Å²) >= 11 is 6.78. The number of halogens is 2. The van der Waals surface area contributed by atoms with Gasteiger partial charge in [-0.3, -0.25) is 4.79 Å². The second-order valence-corrected chi connectivity index (χ2v) is 9.21. The van der Waals surface area contributed by atoms with Crippen LogP contribution in [0.5, 0.6) is 0 Å². The number of nitrogens with one attached hydrogen (secondary N) is 1.